The summed E-state index contributed by atoms with van der Waals surface area (Å²) in [5, 5.41) is 1.82. The van der Waals surface area contributed by atoms with Crippen LogP contribution in [0.3, 0.4) is 0 Å². The highest BCUT2D eigenvalue weighted by Crippen LogP contribution is 2.23. The Bertz CT molecular complexity index is 517. The monoisotopic (exact) mass is 251 g/mol. The minimum absolute atomic E-state index is 0.713. The largest absolute Gasteiger partial charge is 0.460 e. The summed E-state index contributed by atoms with van der Waals surface area (Å²) in [7, 11) is 0. The van der Waals surface area contributed by atoms with Crippen molar-refractivity contribution in [1.29, 1.82) is 0 Å². The van der Waals surface area contributed by atoms with Gasteiger partial charge in [0, 0.05) is 29.6 Å². The van der Waals surface area contributed by atoms with Crippen molar-refractivity contribution in [2.75, 3.05) is 26.3 Å². The topological polar surface area (TPSA) is 25.6 Å². The molecule has 0 bridgehead atoms. The lowest BCUT2D eigenvalue weighted by atomic mass is 10.2. The highest BCUT2D eigenvalue weighted by atomic mass is 35.5. The number of nitrogens with zero attached hydrogens (tertiary/aromatic N) is 1. The van der Waals surface area contributed by atoms with Gasteiger partial charge in [0.15, 0.2) is 0 Å². The maximum atomic E-state index is 5.93. The van der Waals surface area contributed by atoms with E-state index in [2.05, 4.69) is 11.0 Å². The molecule has 0 atom stereocenters. The van der Waals surface area contributed by atoms with E-state index >= 15 is 0 Å². The summed E-state index contributed by atoms with van der Waals surface area (Å²) in [6.45, 7) is 4.41. The molecule has 0 saturated carbocycles. The Hall–Kier alpha value is -1.03. The fraction of sp³-hybridized carbons (Fsp3) is 0.385. The fourth-order valence-corrected chi connectivity index (χ4v) is 2.28. The molecule has 0 amide bonds. The standard InChI is InChI=1S/C13H14ClNO2/c14-11-2-1-10-7-12(17-13(10)8-11)9-15-3-5-16-6-4-15/h1-2,7-8H,3-6,9H2. The minimum Gasteiger partial charge on any atom is -0.460 e. The average molecular weight is 252 g/mol. The zero-order valence-corrected chi connectivity index (χ0v) is 10.2. The number of morpholine rings is 1. The Morgan fingerprint density at radius 3 is 2.82 bits per heavy atom. The van der Waals surface area contributed by atoms with Crippen molar-refractivity contribution in [3.05, 3.63) is 35.0 Å². The molecule has 1 saturated heterocycles. The lowest BCUT2D eigenvalue weighted by molar-refractivity contribution is 0.0315. The first-order valence-corrected chi connectivity index (χ1v) is 6.17. The Labute approximate surface area is 105 Å². The normalized spacial score (nSPS) is 17.7. The third kappa shape index (κ3) is 2.46. The van der Waals surface area contributed by atoms with Crippen molar-refractivity contribution < 1.29 is 9.15 Å². The second kappa shape index (κ2) is 4.69. The van der Waals surface area contributed by atoms with Crippen LogP contribution in [0.1, 0.15) is 5.76 Å². The first kappa shape index (κ1) is 11.1. The lowest BCUT2D eigenvalue weighted by Crippen LogP contribution is -2.35. The highest BCUT2D eigenvalue weighted by molar-refractivity contribution is 6.31. The minimum atomic E-state index is 0.713. The van der Waals surface area contributed by atoms with E-state index in [0.29, 0.717) is 5.02 Å². The van der Waals surface area contributed by atoms with Crippen molar-refractivity contribution in [3.63, 3.8) is 0 Å². The van der Waals surface area contributed by atoms with Gasteiger partial charge in [-0.25, -0.2) is 0 Å². The van der Waals surface area contributed by atoms with Crippen LogP contribution in [0.4, 0.5) is 0 Å². The molecule has 90 valence electrons. The number of benzene rings is 1. The van der Waals surface area contributed by atoms with Gasteiger partial charge in [-0.05, 0) is 18.2 Å². The van der Waals surface area contributed by atoms with E-state index in [9.17, 15) is 0 Å². The second-order valence-electron chi connectivity index (χ2n) is 4.28. The Kier molecular flexibility index (Phi) is 3.05. The van der Waals surface area contributed by atoms with Gasteiger partial charge in [0.05, 0.1) is 19.8 Å². The molecule has 3 nitrogen and oxygen atoms in total. The predicted octanol–water partition coefficient (Wildman–Crippen LogP) is 2.92. The molecule has 0 unspecified atom stereocenters. The third-order valence-corrected chi connectivity index (χ3v) is 3.25. The third-order valence-electron chi connectivity index (χ3n) is 3.02. The SMILES string of the molecule is Clc1ccc2cc(CN3CCOCC3)oc2c1. The van der Waals surface area contributed by atoms with Gasteiger partial charge in [0.1, 0.15) is 11.3 Å². The molecule has 3 rings (SSSR count). The maximum absolute atomic E-state index is 5.93. The van der Waals surface area contributed by atoms with E-state index in [0.717, 1.165) is 49.6 Å². The van der Waals surface area contributed by atoms with Crippen LogP contribution in [0.5, 0.6) is 0 Å². The molecule has 1 aliphatic heterocycles. The highest BCUT2D eigenvalue weighted by Gasteiger charge is 2.13. The molecule has 0 aliphatic carbocycles. The van der Waals surface area contributed by atoms with Crippen LogP contribution >= 0.6 is 11.6 Å². The summed E-state index contributed by atoms with van der Waals surface area (Å²) in [5.74, 6) is 0.990. The van der Waals surface area contributed by atoms with Gasteiger partial charge in [-0.3, -0.25) is 4.90 Å². The molecule has 4 heteroatoms. The van der Waals surface area contributed by atoms with Gasteiger partial charge in [-0.15, -0.1) is 0 Å². The van der Waals surface area contributed by atoms with Crippen LogP contribution in [-0.2, 0) is 11.3 Å². The van der Waals surface area contributed by atoms with Crippen molar-refractivity contribution in [2.45, 2.75) is 6.54 Å². The number of rotatable bonds is 2. The fourth-order valence-electron chi connectivity index (χ4n) is 2.12. The molecule has 0 radical (unpaired) electrons. The molecule has 0 N–H and O–H groups in total. The van der Waals surface area contributed by atoms with E-state index in [1.54, 1.807) is 0 Å². The molecule has 2 heterocycles. The smallest absolute Gasteiger partial charge is 0.135 e. The quantitative estimate of drug-likeness (QED) is 0.821. The number of furan rings is 1. The van der Waals surface area contributed by atoms with E-state index < -0.39 is 0 Å². The number of hydrogen-bond acceptors (Lipinski definition) is 3. The van der Waals surface area contributed by atoms with Crippen molar-refractivity contribution >= 4 is 22.6 Å². The van der Waals surface area contributed by atoms with Crippen molar-refractivity contribution in [1.82, 2.24) is 4.90 Å². The van der Waals surface area contributed by atoms with Crippen molar-refractivity contribution in [3.8, 4) is 0 Å². The van der Waals surface area contributed by atoms with E-state index in [1.807, 2.05) is 18.2 Å². The van der Waals surface area contributed by atoms with E-state index in [-0.39, 0.29) is 0 Å². The van der Waals surface area contributed by atoms with Crippen LogP contribution in [0.2, 0.25) is 5.02 Å². The number of fused-ring (bicyclic) bond motifs is 1. The van der Waals surface area contributed by atoms with E-state index in [4.69, 9.17) is 20.8 Å². The number of ether oxygens (including phenoxy) is 1. The molecule has 0 spiro atoms. The lowest BCUT2D eigenvalue weighted by Gasteiger charge is -2.25. The predicted molar refractivity (Wildman–Crippen MR) is 67.3 cm³/mol. The second-order valence-corrected chi connectivity index (χ2v) is 4.72. The van der Waals surface area contributed by atoms with Crippen LogP contribution in [0, 0.1) is 0 Å². The Morgan fingerprint density at radius 1 is 1.18 bits per heavy atom. The zero-order chi connectivity index (χ0) is 11.7. The summed E-state index contributed by atoms with van der Waals surface area (Å²) in [6, 6.07) is 7.82. The van der Waals surface area contributed by atoms with Crippen LogP contribution in [0.15, 0.2) is 28.7 Å². The van der Waals surface area contributed by atoms with Crippen LogP contribution < -0.4 is 0 Å². The molecular weight excluding hydrogens is 238 g/mol. The van der Waals surface area contributed by atoms with Gasteiger partial charge < -0.3 is 9.15 Å². The van der Waals surface area contributed by atoms with Crippen LogP contribution in [0.25, 0.3) is 11.0 Å². The summed E-state index contributed by atoms with van der Waals surface area (Å²) in [5.41, 5.74) is 0.862. The summed E-state index contributed by atoms with van der Waals surface area (Å²) in [6.07, 6.45) is 0. The number of halogens is 1. The van der Waals surface area contributed by atoms with Gasteiger partial charge in [0.2, 0.25) is 0 Å². The molecule has 1 aliphatic rings. The average Bonchev–Trinajstić information content (AvgIpc) is 2.71. The van der Waals surface area contributed by atoms with Gasteiger partial charge in [-0.2, -0.15) is 0 Å². The molecule has 2 aromatic rings. The molecular formula is C13H14ClNO2. The maximum Gasteiger partial charge on any atom is 0.135 e. The molecule has 1 fully saturated rings. The summed E-state index contributed by atoms with van der Waals surface area (Å²) >= 11 is 5.93. The summed E-state index contributed by atoms with van der Waals surface area (Å²) < 4.78 is 11.1. The Morgan fingerprint density at radius 2 is 2.00 bits per heavy atom. The zero-order valence-electron chi connectivity index (χ0n) is 9.49. The molecule has 1 aromatic carbocycles. The Balaban J connectivity index is 1.80. The van der Waals surface area contributed by atoms with Gasteiger partial charge in [-0.1, -0.05) is 11.6 Å². The first-order chi connectivity index (χ1) is 8.31. The summed E-state index contributed by atoms with van der Waals surface area (Å²) in [4.78, 5) is 2.34. The number of hydrogen-bond donors (Lipinski definition) is 0. The van der Waals surface area contributed by atoms with Gasteiger partial charge >= 0.3 is 0 Å². The van der Waals surface area contributed by atoms with Crippen molar-refractivity contribution in [2.24, 2.45) is 0 Å². The van der Waals surface area contributed by atoms with E-state index in [1.165, 1.54) is 0 Å². The first-order valence-electron chi connectivity index (χ1n) is 5.79. The van der Waals surface area contributed by atoms with Gasteiger partial charge in [0.25, 0.3) is 0 Å². The molecule has 1 aromatic heterocycles. The van der Waals surface area contributed by atoms with Crippen LogP contribution in [-0.4, -0.2) is 31.2 Å². The molecule has 17 heavy (non-hydrogen) atoms.